The maximum absolute atomic E-state index is 12.4. The fraction of sp³-hybridized carbons (Fsp3) is 0.550. The number of carbonyl (C=O) groups is 3. The smallest absolute Gasteiger partial charge is 0.410 e. The van der Waals surface area contributed by atoms with Crippen LogP contribution in [0.5, 0.6) is 0 Å². The molecule has 0 aliphatic carbocycles. The molecule has 0 bridgehead atoms. The van der Waals surface area contributed by atoms with Crippen molar-refractivity contribution in [2.45, 2.75) is 52.9 Å². The van der Waals surface area contributed by atoms with Gasteiger partial charge in [-0.2, -0.15) is 0 Å². The molecule has 1 aromatic rings. The minimum atomic E-state index is -0.713. The number of amides is 2. The van der Waals surface area contributed by atoms with Crippen LogP contribution in [0.2, 0.25) is 0 Å². The number of alkyl carbamates (subject to hydrolysis) is 1. The van der Waals surface area contributed by atoms with Crippen LogP contribution in [-0.4, -0.2) is 54.4 Å². The van der Waals surface area contributed by atoms with Gasteiger partial charge in [0, 0.05) is 12.6 Å². The van der Waals surface area contributed by atoms with E-state index < -0.39 is 29.8 Å². The fourth-order valence-corrected chi connectivity index (χ4v) is 2.23. The summed E-state index contributed by atoms with van der Waals surface area (Å²) in [6.45, 7) is 8.72. The monoisotopic (exact) mass is 394 g/mol. The maximum atomic E-state index is 12.4. The van der Waals surface area contributed by atoms with Crippen LogP contribution in [0.4, 0.5) is 9.59 Å². The van der Waals surface area contributed by atoms with E-state index in [1.165, 1.54) is 4.90 Å². The lowest BCUT2D eigenvalue weighted by Gasteiger charge is -2.28. The van der Waals surface area contributed by atoms with Gasteiger partial charge in [0.25, 0.3) is 0 Å². The fourth-order valence-electron chi connectivity index (χ4n) is 2.23. The van der Waals surface area contributed by atoms with E-state index in [0.29, 0.717) is 0 Å². The van der Waals surface area contributed by atoms with Crippen molar-refractivity contribution in [2.75, 3.05) is 19.7 Å². The molecule has 8 nitrogen and oxygen atoms in total. The zero-order chi connectivity index (χ0) is 21.2. The largest absolute Gasteiger partial charge is 0.465 e. The van der Waals surface area contributed by atoms with Crippen LogP contribution < -0.4 is 5.32 Å². The predicted octanol–water partition coefficient (Wildman–Crippen LogP) is 3.10. The van der Waals surface area contributed by atoms with Crippen molar-refractivity contribution in [3.63, 3.8) is 0 Å². The third-order valence-electron chi connectivity index (χ3n) is 3.35. The first-order valence-corrected chi connectivity index (χ1v) is 9.21. The minimum absolute atomic E-state index is 0.0637. The number of hydrogen-bond acceptors (Lipinski definition) is 6. The van der Waals surface area contributed by atoms with Gasteiger partial charge in [-0.05, 0) is 40.2 Å². The lowest BCUT2D eigenvalue weighted by atomic mass is 10.2. The zero-order valence-corrected chi connectivity index (χ0v) is 17.2. The number of hydrogen-bond donors (Lipinski definition) is 1. The van der Waals surface area contributed by atoms with Crippen LogP contribution in [0, 0.1) is 0 Å². The van der Waals surface area contributed by atoms with Crippen LogP contribution in [0.15, 0.2) is 30.3 Å². The van der Waals surface area contributed by atoms with Crippen molar-refractivity contribution in [2.24, 2.45) is 0 Å². The summed E-state index contributed by atoms with van der Waals surface area (Å²) < 4.78 is 15.4. The van der Waals surface area contributed by atoms with Gasteiger partial charge in [0.1, 0.15) is 18.8 Å². The lowest BCUT2D eigenvalue weighted by molar-refractivity contribution is -0.144. The molecule has 1 rings (SSSR count). The second-order valence-corrected chi connectivity index (χ2v) is 7.27. The Morgan fingerprint density at radius 1 is 1.11 bits per heavy atom. The standard InChI is InChI=1S/C20H30N2O6/c1-6-26-17(23)13-22(19(25)28-20(3,4)5)12-15(2)21-18(24)27-14-16-10-8-7-9-11-16/h7-11,15H,6,12-14H2,1-5H3,(H,21,24). The van der Waals surface area contributed by atoms with E-state index in [4.69, 9.17) is 14.2 Å². The summed E-state index contributed by atoms with van der Waals surface area (Å²) in [6, 6.07) is 8.81. The number of nitrogens with zero attached hydrogens (tertiary/aromatic N) is 1. The summed E-state index contributed by atoms with van der Waals surface area (Å²) in [5.74, 6) is -0.549. The highest BCUT2D eigenvalue weighted by molar-refractivity contribution is 5.78. The number of rotatable bonds is 8. The molecule has 28 heavy (non-hydrogen) atoms. The van der Waals surface area contributed by atoms with Crippen molar-refractivity contribution in [1.82, 2.24) is 10.2 Å². The quantitative estimate of drug-likeness (QED) is 0.538. The third-order valence-corrected chi connectivity index (χ3v) is 3.35. The molecule has 156 valence electrons. The Hall–Kier alpha value is -2.77. The molecule has 8 heteroatoms. The summed E-state index contributed by atoms with van der Waals surface area (Å²) in [5, 5.41) is 2.64. The van der Waals surface area contributed by atoms with E-state index in [1.54, 1.807) is 34.6 Å². The summed E-state index contributed by atoms with van der Waals surface area (Å²) in [7, 11) is 0. The van der Waals surface area contributed by atoms with E-state index in [2.05, 4.69) is 5.32 Å². The summed E-state index contributed by atoms with van der Waals surface area (Å²) in [5.41, 5.74) is 0.151. The Labute approximate surface area is 166 Å². The third kappa shape index (κ3) is 9.80. The number of ether oxygens (including phenoxy) is 3. The van der Waals surface area contributed by atoms with E-state index in [1.807, 2.05) is 30.3 Å². The normalized spacial score (nSPS) is 11.9. The van der Waals surface area contributed by atoms with Gasteiger partial charge < -0.3 is 19.5 Å². The van der Waals surface area contributed by atoms with Crippen LogP contribution in [-0.2, 0) is 25.6 Å². The summed E-state index contributed by atoms with van der Waals surface area (Å²) >= 11 is 0. The van der Waals surface area contributed by atoms with E-state index in [9.17, 15) is 14.4 Å². The van der Waals surface area contributed by atoms with Crippen LogP contribution in [0.25, 0.3) is 0 Å². The molecule has 1 unspecified atom stereocenters. The Kier molecular flexibility index (Phi) is 9.27. The van der Waals surface area contributed by atoms with Crippen molar-refractivity contribution in [3.8, 4) is 0 Å². The topological polar surface area (TPSA) is 94.2 Å². The molecule has 0 saturated carbocycles. The molecule has 0 aromatic heterocycles. The van der Waals surface area contributed by atoms with Gasteiger partial charge in [0.2, 0.25) is 0 Å². The lowest BCUT2D eigenvalue weighted by Crippen LogP contribution is -2.48. The van der Waals surface area contributed by atoms with Crippen molar-refractivity contribution in [3.05, 3.63) is 35.9 Å². The van der Waals surface area contributed by atoms with Crippen molar-refractivity contribution < 1.29 is 28.6 Å². The second-order valence-electron chi connectivity index (χ2n) is 7.27. The van der Waals surface area contributed by atoms with Gasteiger partial charge in [-0.1, -0.05) is 30.3 Å². The van der Waals surface area contributed by atoms with Crippen molar-refractivity contribution in [1.29, 1.82) is 0 Å². The predicted molar refractivity (Wildman–Crippen MR) is 104 cm³/mol. The van der Waals surface area contributed by atoms with Crippen molar-refractivity contribution >= 4 is 18.2 Å². The Balaban J connectivity index is 2.60. The highest BCUT2D eigenvalue weighted by Gasteiger charge is 2.26. The molecular weight excluding hydrogens is 364 g/mol. The number of carbonyl (C=O) groups excluding carboxylic acids is 3. The van der Waals surface area contributed by atoms with Gasteiger partial charge in [0.05, 0.1) is 6.61 Å². The van der Waals surface area contributed by atoms with Gasteiger partial charge >= 0.3 is 18.2 Å². The van der Waals surface area contributed by atoms with Gasteiger partial charge in [-0.15, -0.1) is 0 Å². The molecule has 0 aliphatic rings. The molecule has 0 saturated heterocycles. The first-order chi connectivity index (χ1) is 13.1. The molecule has 2 amide bonds. The molecule has 0 fully saturated rings. The maximum Gasteiger partial charge on any atom is 0.410 e. The highest BCUT2D eigenvalue weighted by atomic mass is 16.6. The first kappa shape index (κ1) is 23.3. The Morgan fingerprint density at radius 2 is 1.75 bits per heavy atom. The van der Waals surface area contributed by atoms with E-state index >= 15 is 0 Å². The van der Waals surface area contributed by atoms with Gasteiger partial charge in [0.15, 0.2) is 0 Å². The molecule has 1 N–H and O–H groups in total. The number of esters is 1. The van der Waals surface area contributed by atoms with Gasteiger partial charge in [-0.25, -0.2) is 9.59 Å². The molecule has 1 aromatic carbocycles. The van der Waals surface area contributed by atoms with Crippen LogP contribution in [0.3, 0.4) is 0 Å². The van der Waals surface area contributed by atoms with Crippen LogP contribution in [0.1, 0.15) is 40.2 Å². The molecule has 0 aliphatic heterocycles. The average molecular weight is 394 g/mol. The highest BCUT2D eigenvalue weighted by Crippen LogP contribution is 2.10. The average Bonchev–Trinajstić information content (AvgIpc) is 2.59. The molecule has 0 spiro atoms. The minimum Gasteiger partial charge on any atom is -0.465 e. The van der Waals surface area contributed by atoms with E-state index in [-0.39, 0.29) is 26.3 Å². The second kappa shape index (κ2) is 11.2. The molecule has 1 atom stereocenters. The first-order valence-electron chi connectivity index (χ1n) is 9.21. The van der Waals surface area contributed by atoms with E-state index in [0.717, 1.165) is 5.56 Å². The summed E-state index contributed by atoms with van der Waals surface area (Å²) in [4.78, 5) is 37.4. The van der Waals surface area contributed by atoms with Gasteiger partial charge in [-0.3, -0.25) is 9.69 Å². The number of benzene rings is 1. The number of nitrogens with one attached hydrogen (secondary N) is 1. The zero-order valence-electron chi connectivity index (χ0n) is 17.2. The molecular formula is C20H30N2O6. The summed E-state index contributed by atoms with van der Waals surface area (Å²) in [6.07, 6.45) is -1.27. The SMILES string of the molecule is CCOC(=O)CN(CC(C)NC(=O)OCc1ccccc1)C(=O)OC(C)(C)C. The Bertz CT molecular complexity index is 642. The molecule has 0 radical (unpaired) electrons. The molecule has 0 heterocycles. The Morgan fingerprint density at radius 3 is 2.32 bits per heavy atom. The van der Waals surface area contributed by atoms with Crippen LogP contribution >= 0.6 is 0 Å².